The van der Waals surface area contributed by atoms with Crippen LogP contribution in [0.3, 0.4) is 0 Å². The van der Waals surface area contributed by atoms with Crippen molar-refractivity contribution in [2.75, 3.05) is 18.5 Å². The summed E-state index contributed by atoms with van der Waals surface area (Å²) in [7, 11) is -0.231. The molecule has 0 saturated heterocycles. The van der Waals surface area contributed by atoms with Gasteiger partial charge < -0.3 is 0 Å². The number of fused-ring (bicyclic) bond motifs is 6. The smallest absolute Gasteiger partial charge is 0.00263 e. The van der Waals surface area contributed by atoms with Gasteiger partial charge in [0, 0.05) is 0 Å². The Balaban J connectivity index is 1.30. The predicted molar refractivity (Wildman–Crippen MR) is 135 cm³/mol. The largest absolute Gasteiger partial charge is 0.0800 e. The highest BCUT2D eigenvalue weighted by molar-refractivity contribution is 7.69. The van der Waals surface area contributed by atoms with Crippen LogP contribution in [0.4, 0.5) is 0 Å². The normalized spacial score (nSPS) is 21.5. The first-order valence-corrected chi connectivity index (χ1v) is 14.5. The number of hydrogen-bond acceptors (Lipinski definition) is 0. The van der Waals surface area contributed by atoms with Crippen LogP contribution in [0.15, 0.2) is 90.5 Å². The molecule has 0 fully saturated rings. The summed E-state index contributed by atoms with van der Waals surface area (Å²) in [5.41, 5.74) is 9.21. The molecule has 148 valence electrons. The minimum atomic E-state index is -0.125. The van der Waals surface area contributed by atoms with Crippen molar-refractivity contribution in [3.8, 4) is 11.1 Å². The molecule has 0 radical (unpaired) electrons. The van der Waals surface area contributed by atoms with Crippen molar-refractivity contribution in [3.63, 3.8) is 0 Å². The summed E-state index contributed by atoms with van der Waals surface area (Å²) in [6.07, 6.45) is 12.7. The van der Waals surface area contributed by atoms with E-state index < -0.39 is 0 Å². The molecule has 0 spiro atoms. The van der Waals surface area contributed by atoms with E-state index in [1.54, 1.807) is 27.3 Å². The highest BCUT2D eigenvalue weighted by Gasteiger charge is 2.29. The van der Waals surface area contributed by atoms with Gasteiger partial charge in [0.25, 0.3) is 0 Å². The molecule has 30 heavy (non-hydrogen) atoms. The molecule has 0 bridgehead atoms. The van der Waals surface area contributed by atoms with Crippen LogP contribution in [0.5, 0.6) is 0 Å². The monoisotopic (exact) mass is 424 g/mol. The summed E-state index contributed by atoms with van der Waals surface area (Å²) in [6, 6.07) is 27.5. The Labute approximate surface area is 182 Å². The van der Waals surface area contributed by atoms with Crippen LogP contribution >= 0.6 is 15.8 Å². The molecule has 3 aliphatic rings. The molecule has 2 unspecified atom stereocenters. The Kier molecular flexibility index (Phi) is 4.95. The molecular weight excluding hydrogens is 398 g/mol. The summed E-state index contributed by atoms with van der Waals surface area (Å²) in [6.45, 7) is 0. The van der Waals surface area contributed by atoms with Crippen LogP contribution < -0.4 is 10.6 Å². The van der Waals surface area contributed by atoms with E-state index in [4.69, 9.17) is 0 Å². The second-order valence-corrected chi connectivity index (χ2v) is 13.1. The fourth-order valence-corrected chi connectivity index (χ4v) is 11.4. The van der Waals surface area contributed by atoms with Gasteiger partial charge in [0.05, 0.1) is 0 Å². The number of rotatable bonds is 3. The molecule has 0 N–H and O–H groups in total. The van der Waals surface area contributed by atoms with Gasteiger partial charge in [-0.25, -0.2) is 0 Å². The average Bonchev–Trinajstić information content (AvgIpc) is 2.82. The van der Waals surface area contributed by atoms with Crippen molar-refractivity contribution < 1.29 is 0 Å². The quantitative estimate of drug-likeness (QED) is 0.401. The van der Waals surface area contributed by atoms with Crippen LogP contribution in [0.1, 0.15) is 24.0 Å². The van der Waals surface area contributed by atoms with Crippen LogP contribution in [-0.2, 0) is 6.16 Å². The summed E-state index contributed by atoms with van der Waals surface area (Å²) in [4.78, 5) is 0. The maximum absolute atomic E-state index is 2.53. The maximum atomic E-state index is 2.53. The van der Waals surface area contributed by atoms with Crippen molar-refractivity contribution in [2.45, 2.75) is 19.0 Å². The molecule has 0 nitrogen and oxygen atoms in total. The van der Waals surface area contributed by atoms with E-state index in [0.717, 1.165) is 0 Å². The summed E-state index contributed by atoms with van der Waals surface area (Å²) in [5.74, 6) is 0. The second-order valence-electron chi connectivity index (χ2n) is 8.46. The maximum Gasteiger partial charge on any atom is -0.00263 e. The Morgan fingerprint density at radius 1 is 0.567 bits per heavy atom. The molecule has 2 atom stereocenters. The Hall–Kier alpha value is -2.00. The van der Waals surface area contributed by atoms with E-state index in [9.17, 15) is 0 Å². The molecular formula is C28H26P2. The van der Waals surface area contributed by atoms with Gasteiger partial charge in [0.2, 0.25) is 0 Å². The summed E-state index contributed by atoms with van der Waals surface area (Å²) >= 11 is 0. The second kappa shape index (κ2) is 7.92. The third-order valence-electron chi connectivity index (χ3n) is 6.70. The third-order valence-corrected chi connectivity index (χ3v) is 12.2. The van der Waals surface area contributed by atoms with E-state index in [1.807, 2.05) is 0 Å². The molecule has 0 saturated carbocycles. The van der Waals surface area contributed by atoms with E-state index in [2.05, 4.69) is 84.9 Å². The zero-order chi connectivity index (χ0) is 19.9. The third kappa shape index (κ3) is 3.22. The van der Waals surface area contributed by atoms with Crippen molar-refractivity contribution in [3.05, 3.63) is 102 Å². The van der Waals surface area contributed by atoms with E-state index in [-0.39, 0.29) is 15.8 Å². The zero-order valence-electron chi connectivity index (χ0n) is 17.2. The minimum absolute atomic E-state index is 0.106. The summed E-state index contributed by atoms with van der Waals surface area (Å²) in [5, 5.41) is 3.28. The lowest BCUT2D eigenvalue weighted by atomic mass is 9.92. The predicted octanol–water partition coefficient (Wildman–Crippen LogP) is 6.90. The number of benzene rings is 3. The van der Waals surface area contributed by atoms with Gasteiger partial charge in [-0.3, -0.25) is 0 Å². The number of allylic oxidation sites excluding steroid dienone is 4. The van der Waals surface area contributed by atoms with Gasteiger partial charge in [-0.15, -0.1) is 0 Å². The number of hydrogen-bond donors (Lipinski definition) is 0. The first kappa shape index (κ1) is 18.7. The lowest BCUT2D eigenvalue weighted by molar-refractivity contribution is 1.02. The first-order chi connectivity index (χ1) is 14.9. The molecule has 3 aromatic carbocycles. The van der Waals surface area contributed by atoms with Crippen molar-refractivity contribution >= 4 is 32.0 Å². The fraction of sp³-hybridized carbons (Fsp3) is 0.214. The van der Waals surface area contributed by atoms with Gasteiger partial charge in [0.15, 0.2) is 0 Å². The molecule has 6 rings (SSSR count). The molecule has 2 aliphatic heterocycles. The lowest BCUT2D eigenvalue weighted by Gasteiger charge is -2.34. The van der Waals surface area contributed by atoms with Gasteiger partial charge >= 0.3 is 0 Å². The van der Waals surface area contributed by atoms with Crippen molar-refractivity contribution in [1.29, 1.82) is 0 Å². The van der Waals surface area contributed by atoms with Crippen LogP contribution in [0, 0.1) is 0 Å². The first-order valence-electron chi connectivity index (χ1n) is 11.0. The van der Waals surface area contributed by atoms with Gasteiger partial charge in [0.1, 0.15) is 0 Å². The Bertz CT molecular complexity index is 1170. The Morgan fingerprint density at radius 2 is 1.17 bits per heavy atom. The van der Waals surface area contributed by atoms with Crippen molar-refractivity contribution in [1.82, 2.24) is 0 Å². The van der Waals surface area contributed by atoms with E-state index >= 15 is 0 Å². The molecule has 2 heterocycles. The SMILES string of the molecule is C1=C2CP(CCP3Cc4ccccc4-c4ccccc43)c3ccccc3C2=CCC1. The van der Waals surface area contributed by atoms with Gasteiger partial charge in [-0.1, -0.05) is 101 Å². The topological polar surface area (TPSA) is 0 Å². The lowest BCUT2D eigenvalue weighted by Crippen LogP contribution is -2.22. The molecule has 2 heteroatoms. The fourth-order valence-electron chi connectivity index (χ4n) is 5.26. The van der Waals surface area contributed by atoms with E-state index in [1.165, 1.54) is 54.2 Å². The average molecular weight is 424 g/mol. The minimum Gasteiger partial charge on any atom is -0.0800 e. The van der Waals surface area contributed by atoms with Gasteiger partial charge in [-0.05, 0) is 81.5 Å². The zero-order valence-corrected chi connectivity index (χ0v) is 19.0. The molecule has 0 aromatic heterocycles. The molecule has 0 amide bonds. The van der Waals surface area contributed by atoms with Crippen LogP contribution in [-0.4, -0.2) is 18.5 Å². The standard InChI is InChI=1S/C28H26P2/c1-3-11-23-21(9-1)19-29(27-15-7-5-13-25(23)27)17-18-30-20-22-10-2-4-12-24(22)26-14-6-8-16-28(26)30/h1,3,5-16H,2,4,17-20H2. The molecule has 1 aliphatic carbocycles. The Morgan fingerprint density at radius 3 is 2.00 bits per heavy atom. The van der Waals surface area contributed by atoms with Gasteiger partial charge in [-0.2, -0.15) is 0 Å². The molecule has 3 aromatic rings. The highest BCUT2D eigenvalue weighted by Crippen LogP contribution is 2.53. The van der Waals surface area contributed by atoms with Crippen LogP contribution in [0.2, 0.25) is 0 Å². The summed E-state index contributed by atoms with van der Waals surface area (Å²) < 4.78 is 0. The van der Waals surface area contributed by atoms with Crippen molar-refractivity contribution in [2.24, 2.45) is 0 Å². The van der Waals surface area contributed by atoms with E-state index in [0.29, 0.717) is 0 Å². The van der Waals surface area contributed by atoms with Crippen LogP contribution in [0.25, 0.3) is 16.7 Å². The highest BCUT2D eigenvalue weighted by atomic mass is 31.1.